The van der Waals surface area contributed by atoms with E-state index in [2.05, 4.69) is 15.6 Å². The predicted octanol–water partition coefficient (Wildman–Crippen LogP) is -4.10. The number of aliphatic hydroxyl groups excluding tert-OH is 5. The number of esters is 1. The zero-order valence-electron chi connectivity index (χ0n) is 17.3. The molecule has 0 radical (unpaired) electrons. The van der Waals surface area contributed by atoms with Crippen molar-refractivity contribution in [3.63, 3.8) is 0 Å². The van der Waals surface area contributed by atoms with E-state index in [0.717, 1.165) is 13.3 Å². The minimum Gasteiger partial charge on any atom is -0.457 e. The van der Waals surface area contributed by atoms with Crippen LogP contribution in [0.15, 0.2) is 4.99 Å². The SMILES string of the molecule is CNC1(C)N=C[N+]([C@@H]2O[C@H](CO)[C@@H](O)[C@H]2O)([C@@H]2O[C@H](CO)[C@@H](OC(C)=O)[C@@H]2O)C(=O)N1. The van der Waals surface area contributed by atoms with Gasteiger partial charge in [0.15, 0.2) is 24.1 Å². The summed E-state index contributed by atoms with van der Waals surface area (Å²) in [6.45, 7) is 1.37. The highest BCUT2D eigenvalue weighted by Crippen LogP contribution is 2.39. The molecule has 14 nitrogen and oxygen atoms in total. The Morgan fingerprint density at radius 2 is 1.77 bits per heavy atom. The third-order valence-corrected chi connectivity index (χ3v) is 5.85. The summed E-state index contributed by atoms with van der Waals surface area (Å²) in [7, 11) is 1.55. The summed E-state index contributed by atoms with van der Waals surface area (Å²) in [4.78, 5) is 29.2. The smallest absolute Gasteiger partial charge is 0.429 e. The van der Waals surface area contributed by atoms with Crippen LogP contribution in [0.5, 0.6) is 0 Å². The summed E-state index contributed by atoms with van der Waals surface area (Å²) in [5, 5.41) is 56.3. The second-order valence-electron chi connectivity index (χ2n) is 7.87. The first-order chi connectivity index (χ1) is 14.5. The number of carbonyl (C=O) groups is 2. The Morgan fingerprint density at radius 3 is 2.26 bits per heavy atom. The van der Waals surface area contributed by atoms with Crippen LogP contribution in [0.25, 0.3) is 0 Å². The molecule has 2 saturated heterocycles. The molecule has 0 saturated carbocycles. The lowest BCUT2D eigenvalue weighted by atomic mass is 10.1. The maximum atomic E-state index is 13.4. The molecule has 0 aromatic rings. The van der Waals surface area contributed by atoms with Gasteiger partial charge in [-0.2, -0.15) is 4.99 Å². The van der Waals surface area contributed by atoms with Gasteiger partial charge in [-0.05, 0) is 14.0 Å². The zero-order chi connectivity index (χ0) is 23.1. The molecular weight excluding hydrogens is 420 g/mol. The first kappa shape index (κ1) is 23.9. The van der Waals surface area contributed by atoms with Crippen molar-refractivity contribution >= 4 is 18.3 Å². The van der Waals surface area contributed by atoms with Crippen molar-refractivity contribution in [2.75, 3.05) is 20.3 Å². The number of quaternary nitrogens is 1. The summed E-state index contributed by atoms with van der Waals surface area (Å²) >= 11 is 0. The van der Waals surface area contributed by atoms with Crippen molar-refractivity contribution in [1.29, 1.82) is 0 Å². The van der Waals surface area contributed by atoms with Crippen molar-refractivity contribution in [3.8, 4) is 0 Å². The molecule has 31 heavy (non-hydrogen) atoms. The molecule has 0 aromatic heterocycles. The van der Waals surface area contributed by atoms with Crippen LogP contribution in [0.4, 0.5) is 4.79 Å². The third kappa shape index (κ3) is 3.83. The van der Waals surface area contributed by atoms with Crippen molar-refractivity contribution in [3.05, 3.63) is 0 Å². The second-order valence-corrected chi connectivity index (χ2v) is 7.87. The summed E-state index contributed by atoms with van der Waals surface area (Å²) in [5.74, 6) is -1.97. The van der Waals surface area contributed by atoms with Crippen LogP contribution in [0.1, 0.15) is 13.8 Å². The molecule has 0 aromatic carbocycles. The third-order valence-electron chi connectivity index (χ3n) is 5.85. The topological polar surface area (TPSA) is 199 Å². The Hall–Kier alpha value is -1.75. The molecule has 3 heterocycles. The highest BCUT2D eigenvalue weighted by atomic mass is 16.6. The first-order valence-electron chi connectivity index (χ1n) is 9.74. The van der Waals surface area contributed by atoms with E-state index in [-0.39, 0.29) is 0 Å². The van der Waals surface area contributed by atoms with Gasteiger partial charge in [0.05, 0.1) is 13.2 Å². The lowest BCUT2D eigenvalue weighted by molar-refractivity contribution is -0.867. The lowest BCUT2D eigenvalue weighted by Gasteiger charge is -2.45. The van der Waals surface area contributed by atoms with Crippen LogP contribution in [-0.4, -0.2) is 123 Å². The highest BCUT2D eigenvalue weighted by molar-refractivity contribution is 5.79. The van der Waals surface area contributed by atoms with E-state index in [4.69, 9.17) is 14.2 Å². The molecule has 14 heteroatoms. The van der Waals surface area contributed by atoms with E-state index < -0.39 is 84.6 Å². The molecule has 0 bridgehead atoms. The van der Waals surface area contributed by atoms with E-state index >= 15 is 0 Å². The van der Waals surface area contributed by atoms with E-state index in [1.165, 1.54) is 0 Å². The van der Waals surface area contributed by atoms with Gasteiger partial charge in [-0.1, -0.05) is 0 Å². The number of aliphatic imine (C=N–C) groups is 1. The molecule has 10 atom stereocenters. The summed E-state index contributed by atoms with van der Waals surface area (Å²) < 4.78 is 15.3. The van der Waals surface area contributed by atoms with Crippen molar-refractivity contribution in [2.24, 2.45) is 4.99 Å². The van der Waals surface area contributed by atoms with Crippen molar-refractivity contribution < 1.29 is 53.8 Å². The Labute approximate surface area is 177 Å². The standard InChI is InChI=1S/C17H28N4O10/c1-7(24)29-13-9(5-23)31-15(12(13)27)21(6-19-17(2,18-3)20-16(21)28)14-11(26)10(25)8(4-22)30-14/h6,8-15,18,22-23,25-27H,4-5H2,1-3H3/p+1/t8-,9-,10-,11-,12+,13-,14-,15-,17?,21?/m1/s1. The fourth-order valence-corrected chi connectivity index (χ4v) is 4.03. The summed E-state index contributed by atoms with van der Waals surface area (Å²) in [6.07, 6.45) is -10.6. The Bertz CT molecular complexity index is 740. The Morgan fingerprint density at radius 1 is 1.19 bits per heavy atom. The van der Waals surface area contributed by atoms with Gasteiger partial charge in [-0.15, -0.1) is 4.48 Å². The fraction of sp³-hybridized carbons (Fsp3) is 0.824. The van der Waals surface area contributed by atoms with E-state index in [1.54, 1.807) is 14.0 Å². The van der Waals surface area contributed by atoms with Gasteiger partial charge in [0, 0.05) is 6.92 Å². The van der Waals surface area contributed by atoms with Gasteiger partial charge in [-0.25, -0.2) is 4.79 Å². The van der Waals surface area contributed by atoms with Gasteiger partial charge in [-0.3, -0.25) is 15.4 Å². The minimum absolute atomic E-state index is 0.644. The number of rotatable bonds is 6. The van der Waals surface area contributed by atoms with Crippen LogP contribution >= 0.6 is 0 Å². The average molecular weight is 449 g/mol. The number of hydrogen-bond acceptors (Lipinski definition) is 12. The van der Waals surface area contributed by atoms with Crippen LogP contribution < -0.4 is 10.6 Å². The summed E-state index contributed by atoms with van der Waals surface area (Å²) in [6, 6.07) is -0.828. The number of nitrogens with zero attached hydrogens (tertiary/aromatic N) is 2. The molecule has 176 valence electrons. The molecule has 7 N–H and O–H groups in total. The molecule has 3 aliphatic rings. The Balaban J connectivity index is 2.09. The van der Waals surface area contributed by atoms with E-state index in [9.17, 15) is 35.1 Å². The van der Waals surface area contributed by atoms with Crippen molar-refractivity contribution in [1.82, 2.24) is 10.6 Å². The van der Waals surface area contributed by atoms with Gasteiger partial charge in [0.1, 0.15) is 18.3 Å². The quantitative estimate of drug-likeness (QED) is 0.154. The van der Waals surface area contributed by atoms with Gasteiger partial charge in [0.2, 0.25) is 18.8 Å². The van der Waals surface area contributed by atoms with Crippen LogP contribution in [-0.2, 0) is 19.0 Å². The van der Waals surface area contributed by atoms with Gasteiger partial charge < -0.3 is 39.7 Å². The molecule has 3 rings (SSSR count). The first-order valence-corrected chi connectivity index (χ1v) is 9.74. The molecule has 0 spiro atoms. The molecule has 2 unspecified atom stereocenters. The van der Waals surface area contributed by atoms with Gasteiger partial charge >= 0.3 is 12.0 Å². The number of carbonyl (C=O) groups excluding carboxylic acids is 2. The zero-order valence-corrected chi connectivity index (χ0v) is 17.3. The number of amides is 2. The maximum absolute atomic E-state index is 13.4. The Kier molecular flexibility index (Phi) is 6.67. The number of ether oxygens (including phenoxy) is 3. The molecule has 2 amide bonds. The fourth-order valence-electron chi connectivity index (χ4n) is 4.03. The van der Waals surface area contributed by atoms with Crippen molar-refractivity contribution in [2.45, 2.75) is 68.7 Å². The predicted molar refractivity (Wildman–Crippen MR) is 99.8 cm³/mol. The average Bonchev–Trinajstić information content (AvgIpc) is 3.19. The summed E-state index contributed by atoms with van der Waals surface area (Å²) in [5.41, 5.74) is 0. The normalized spacial score (nSPS) is 47.4. The minimum atomic E-state index is -1.68. The molecule has 2 fully saturated rings. The number of nitrogens with one attached hydrogen (secondary N) is 2. The number of hydrogen-bond donors (Lipinski definition) is 7. The van der Waals surface area contributed by atoms with Crippen LogP contribution in [0.3, 0.4) is 0 Å². The largest absolute Gasteiger partial charge is 0.457 e. The van der Waals surface area contributed by atoms with Crippen LogP contribution in [0, 0.1) is 0 Å². The number of urea groups is 1. The molecular formula is C17H29N4O10+. The van der Waals surface area contributed by atoms with Gasteiger partial charge in [0.25, 0.3) is 0 Å². The second kappa shape index (κ2) is 8.65. The lowest BCUT2D eigenvalue weighted by Crippen LogP contribution is -2.77. The van der Waals surface area contributed by atoms with E-state index in [1.807, 2.05) is 0 Å². The van der Waals surface area contributed by atoms with Crippen LogP contribution in [0.2, 0.25) is 0 Å². The molecule has 0 aliphatic carbocycles. The monoisotopic (exact) mass is 449 g/mol. The highest BCUT2D eigenvalue weighted by Gasteiger charge is 2.68. The maximum Gasteiger partial charge on any atom is 0.429 e. The molecule has 3 aliphatic heterocycles. The number of aliphatic hydroxyl groups is 5. The van der Waals surface area contributed by atoms with E-state index in [0.29, 0.717) is 0 Å².